The van der Waals surface area contributed by atoms with E-state index >= 15 is 0 Å². The van der Waals surface area contributed by atoms with E-state index in [1.165, 1.54) is 7.11 Å². The number of aromatic nitrogens is 1. The van der Waals surface area contributed by atoms with Gasteiger partial charge in [0.05, 0.1) is 7.11 Å². The Hall–Kier alpha value is -1.64. The Bertz CT molecular complexity index is 320. The van der Waals surface area contributed by atoms with Crippen molar-refractivity contribution >= 4 is 5.97 Å². The van der Waals surface area contributed by atoms with Gasteiger partial charge in [-0.25, -0.2) is 9.78 Å². The SMILES string of the molecule is C=CCc1cccnc1C(=O)OC. The first-order valence-electron chi connectivity index (χ1n) is 3.92. The van der Waals surface area contributed by atoms with Crippen LogP contribution >= 0.6 is 0 Å². The molecule has 0 saturated heterocycles. The number of ether oxygens (including phenoxy) is 1. The average molecular weight is 177 g/mol. The maximum Gasteiger partial charge on any atom is 0.356 e. The van der Waals surface area contributed by atoms with Gasteiger partial charge in [0.2, 0.25) is 0 Å². The van der Waals surface area contributed by atoms with Gasteiger partial charge in [0.25, 0.3) is 0 Å². The number of pyridine rings is 1. The fourth-order valence-corrected chi connectivity index (χ4v) is 1.04. The van der Waals surface area contributed by atoms with Crippen LogP contribution in [-0.2, 0) is 11.2 Å². The molecule has 1 heterocycles. The minimum atomic E-state index is -0.405. The van der Waals surface area contributed by atoms with Crippen LogP contribution in [0.4, 0.5) is 0 Å². The van der Waals surface area contributed by atoms with E-state index in [0.29, 0.717) is 12.1 Å². The van der Waals surface area contributed by atoms with E-state index in [0.717, 1.165) is 5.56 Å². The van der Waals surface area contributed by atoms with Crippen molar-refractivity contribution in [2.45, 2.75) is 6.42 Å². The third kappa shape index (κ3) is 2.15. The molecule has 0 atom stereocenters. The normalized spacial score (nSPS) is 9.31. The van der Waals surface area contributed by atoms with E-state index in [-0.39, 0.29) is 0 Å². The smallest absolute Gasteiger partial charge is 0.356 e. The molecule has 0 bridgehead atoms. The number of allylic oxidation sites excluding steroid dienone is 1. The van der Waals surface area contributed by atoms with Gasteiger partial charge >= 0.3 is 5.97 Å². The van der Waals surface area contributed by atoms with Crippen molar-refractivity contribution in [3.63, 3.8) is 0 Å². The van der Waals surface area contributed by atoms with Gasteiger partial charge in [0.15, 0.2) is 5.69 Å². The first-order chi connectivity index (χ1) is 6.29. The summed E-state index contributed by atoms with van der Waals surface area (Å²) in [7, 11) is 1.34. The van der Waals surface area contributed by atoms with Gasteiger partial charge in [-0.15, -0.1) is 6.58 Å². The minimum Gasteiger partial charge on any atom is -0.464 e. The molecular weight excluding hydrogens is 166 g/mol. The molecule has 0 aliphatic rings. The molecule has 0 radical (unpaired) electrons. The Balaban J connectivity index is 3.03. The molecular formula is C10H11NO2. The molecule has 0 amide bonds. The van der Waals surface area contributed by atoms with Crippen LogP contribution in [0.25, 0.3) is 0 Å². The Kier molecular flexibility index (Phi) is 3.20. The predicted molar refractivity (Wildman–Crippen MR) is 49.5 cm³/mol. The lowest BCUT2D eigenvalue weighted by molar-refractivity contribution is 0.0593. The van der Waals surface area contributed by atoms with Crippen LogP contribution in [0.2, 0.25) is 0 Å². The second kappa shape index (κ2) is 4.40. The second-order valence-electron chi connectivity index (χ2n) is 2.50. The van der Waals surface area contributed by atoms with Crippen molar-refractivity contribution in [3.8, 4) is 0 Å². The average Bonchev–Trinajstić information content (AvgIpc) is 2.18. The van der Waals surface area contributed by atoms with Crippen LogP contribution in [0.1, 0.15) is 16.1 Å². The van der Waals surface area contributed by atoms with E-state index in [1.54, 1.807) is 18.3 Å². The monoisotopic (exact) mass is 177 g/mol. The van der Waals surface area contributed by atoms with E-state index < -0.39 is 5.97 Å². The zero-order valence-electron chi connectivity index (χ0n) is 7.49. The molecule has 1 aromatic rings. The highest BCUT2D eigenvalue weighted by atomic mass is 16.5. The summed E-state index contributed by atoms with van der Waals surface area (Å²) in [6.45, 7) is 3.60. The maximum absolute atomic E-state index is 11.2. The molecule has 0 spiro atoms. The zero-order chi connectivity index (χ0) is 9.68. The van der Waals surface area contributed by atoms with Gasteiger partial charge in [-0.05, 0) is 18.1 Å². The van der Waals surface area contributed by atoms with Crippen molar-refractivity contribution in [2.75, 3.05) is 7.11 Å². The first-order valence-corrected chi connectivity index (χ1v) is 3.92. The predicted octanol–water partition coefficient (Wildman–Crippen LogP) is 1.60. The number of methoxy groups -OCH3 is 1. The summed E-state index contributed by atoms with van der Waals surface area (Å²) in [6.07, 6.45) is 3.92. The summed E-state index contributed by atoms with van der Waals surface area (Å²) >= 11 is 0. The van der Waals surface area contributed by atoms with Crippen LogP contribution in [-0.4, -0.2) is 18.1 Å². The van der Waals surface area contributed by atoms with Gasteiger partial charge in [-0.2, -0.15) is 0 Å². The third-order valence-corrected chi connectivity index (χ3v) is 1.63. The number of carbonyl (C=O) groups excluding carboxylic acids is 1. The lowest BCUT2D eigenvalue weighted by Crippen LogP contribution is -2.07. The quantitative estimate of drug-likeness (QED) is 0.520. The largest absolute Gasteiger partial charge is 0.464 e. The third-order valence-electron chi connectivity index (χ3n) is 1.63. The van der Waals surface area contributed by atoms with Crippen molar-refractivity contribution in [3.05, 3.63) is 42.2 Å². The Morgan fingerprint density at radius 3 is 3.15 bits per heavy atom. The van der Waals surface area contributed by atoms with Crippen molar-refractivity contribution < 1.29 is 9.53 Å². The van der Waals surface area contributed by atoms with Gasteiger partial charge < -0.3 is 4.74 Å². The van der Waals surface area contributed by atoms with E-state index in [4.69, 9.17) is 0 Å². The minimum absolute atomic E-state index is 0.366. The molecule has 0 fully saturated rings. The second-order valence-corrected chi connectivity index (χ2v) is 2.50. The molecule has 0 aliphatic carbocycles. The standard InChI is InChI=1S/C10H11NO2/c1-3-5-8-6-4-7-11-9(8)10(12)13-2/h3-4,6-7H,1,5H2,2H3. The zero-order valence-corrected chi connectivity index (χ0v) is 7.49. The lowest BCUT2D eigenvalue weighted by Gasteiger charge is -2.03. The molecule has 0 unspecified atom stereocenters. The molecule has 3 heteroatoms. The summed E-state index contributed by atoms with van der Waals surface area (Å²) in [6, 6.07) is 3.62. The summed E-state index contributed by atoms with van der Waals surface area (Å²) in [5.74, 6) is -0.405. The Labute approximate surface area is 77.1 Å². The topological polar surface area (TPSA) is 39.2 Å². The number of rotatable bonds is 3. The summed E-state index contributed by atoms with van der Waals surface area (Å²) in [4.78, 5) is 15.1. The van der Waals surface area contributed by atoms with Crippen LogP contribution in [0, 0.1) is 0 Å². The van der Waals surface area contributed by atoms with Crippen molar-refractivity contribution in [1.82, 2.24) is 4.98 Å². The fraction of sp³-hybridized carbons (Fsp3) is 0.200. The van der Waals surface area contributed by atoms with Gasteiger partial charge in [-0.3, -0.25) is 0 Å². The van der Waals surface area contributed by atoms with E-state index in [9.17, 15) is 4.79 Å². The summed E-state index contributed by atoms with van der Waals surface area (Å²) in [5, 5.41) is 0. The Morgan fingerprint density at radius 1 is 1.77 bits per heavy atom. The lowest BCUT2D eigenvalue weighted by atomic mass is 10.1. The maximum atomic E-state index is 11.2. The van der Waals surface area contributed by atoms with Crippen LogP contribution < -0.4 is 0 Å². The summed E-state index contributed by atoms with van der Waals surface area (Å²) in [5.41, 5.74) is 1.20. The van der Waals surface area contributed by atoms with Crippen LogP contribution in [0.3, 0.4) is 0 Å². The number of carbonyl (C=O) groups is 1. The molecule has 0 aliphatic heterocycles. The highest BCUT2D eigenvalue weighted by molar-refractivity contribution is 5.88. The van der Waals surface area contributed by atoms with Gasteiger partial charge in [0, 0.05) is 6.20 Å². The van der Waals surface area contributed by atoms with Gasteiger partial charge in [0.1, 0.15) is 0 Å². The first kappa shape index (κ1) is 9.45. The number of nitrogens with zero attached hydrogens (tertiary/aromatic N) is 1. The molecule has 1 rings (SSSR count). The molecule has 0 aromatic carbocycles. The highest BCUT2D eigenvalue weighted by Crippen LogP contribution is 2.07. The van der Waals surface area contributed by atoms with E-state index in [2.05, 4.69) is 16.3 Å². The summed E-state index contributed by atoms with van der Waals surface area (Å²) < 4.78 is 4.59. The molecule has 68 valence electrons. The number of esters is 1. The molecule has 0 saturated carbocycles. The highest BCUT2D eigenvalue weighted by Gasteiger charge is 2.10. The van der Waals surface area contributed by atoms with Crippen LogP contribution in [0.5, 0.6) is 0 Å². The van der Waals surface area contributed by atoms with Crippen LogP contribution in [0.15, 0.2) is 31.0 Å². The van der Waals surface area contributed by atoms with Crippen molar-refractivity contribution in [2.24, 2.45) is 0 Å². The molecule has 0 N–H and O–H groups in total. The Morgan fingerprint density at radius 2 is 2.54 bits per heavy atom. The molecule has 13 heavy (non-hydrogen) atoms. The number of hydrogen-bond donors (Lipinski definition) is 0. The van der Waals surface area contributed by atoms with Gasteiger partial charge in [-0.1, -0.05) is 12.1 Å². The molecule has 3 nitrogen and oxygen atoms in total. The van der Waals surface area contributed by atoms with E-state index in [1.807, 2.05) is 6.07 Å². The number of hydrogen-bond acceptors (Lipinski definition) is 3. The molecule has 1 aromatic heterocycles. The fourth-order valence-electron chi connectivity index (χ4n) is 1.04. The van der Waals surface area contributed by atoms with Crippen molar-refractivity contribution in [1.29, 1.82) is 0 Å².